The molecule has 7 heteroatoms. The van der Waals surface area contributed by atoms with E-state index in [4.69, 9.17) is 0 Å². The van der Waals surface area contributed by atoms with E-state index in [0.29, 0.717) is 18.5 Å². The van der Waals surface area contributed by atoms with Gasteiger partial charge in [0.2, 0.25) is 5.91 Å². The zero-order chi connectivity index (χ0) is 21.4. The SMILES string of the molecule is CC1(C(=O)N2CCC(c3nccn3Cn3c(=O)sc4ccccc43)CC2)CCCCC1. The zero-order valence-corrected chi connectivity index (χ0v) is 18.9. The maximum atomic E-state index is 13.2. The largest absolute Gasteiger partial charge is 0.342 e. The van der Waals surface area contributed by atoms with E-state index in [1.165, 1.54) is 30.6 Å². The van der Waals surface area contributed by atoms with Crippen LogP contribution in [0.3, 0.4) is 0 Å². The van der Waals surface area contributed by atoms with Crippen molar-refractivity contribution in [2.24, 2.45) is 5.41 Å². The Hall–Kier alpha value is -2.41. The summed E-state index contributed by atoms with van der Waals surface area (Å²) >= 11 is 1.29. The Morgan fingerprint density at radius 3 is 2.68 bits per heavy atom. The molecule has 6 nitrogen and oxygen atoms in total. The highest BCUT2D eigenvalue weighted by molar-refractivity contribution is 7.16. The van der Waals surface area contributed by atoms with Crippen LogP contribution in [0.1, 0.15) is 63.6 Å². The van der Waals surface area contributed by atoms with Gasteiger partial charge < -0.3 is 9.47 Å². The number of thiazole rings is 1. The molecule has 0 bridgehead atoms. The van der Waals surface area contributed by atoms with Gasteiger partial charge in [0.25, 0.3) is 0 Å². The van der Waals surface area contributed by atoms with Crippen LogP contribution in [0.2, 0.25) is 0 Å². The van der Waals surface area contributed by atoms with Crippen molar-refractivity contribution in [1.82, 2.24) is 19.0 Å². The lowest BCUT2D eigenvalue weighted by Crippen LogP contribution is -2.46. The summed E-state index contributed by atoms with van der Waals surface area (Å²) in [6.45, 7) is 4.24. The van der Waals surface area contributed by atoms with Gasteiger partial charge in [0.15, 0.2) is 0 Å². The number of imidazole rings is 1. The van der Waals surface area contributed by atoms with Gasteiger partial charge in [-0.05, 0) is 37.8 Å². The number of benzene rings is 1. The van der Waals surface area contributed by atoms with Crippen molar-refractivity contribution in [3.8, 4) is 0 Å². The summed E-state index contributed by atoms with van der Waals surface area (Å²) < 4.78 is 4.94. The lowest BCUT2D eigenvalue weighted by molar-refractivity contribution is -0.144. The number of para-hydroxylation sites is 1. The molecule has 2 aliphatic rings. The highest BCUT2D eigenvalue weighted by Crippen LogP contribution is 2.39. The Kier molecular flexibility index (Phi) is 5.46. The second-order valence-corrected chi connectivity index (χ2v) is 10.3. The first-order chi connectivity index (χ1) is 15.0. The maximum Gasteiger partial charge on any atom is 0.309 e. The number of carbonyl (C=O) groups excluding carboxylic acids is 1. The standard InChI is InChI=1S/C24H30N4O2S/c1-24(11-5-2-6-12-24)22(29)26-14-9-18(10-15-26)21-25-13-16-27(21)17-28-19-7-3-4-8-20(19)31-23(28)30/h3-4,7-8,13,16,18H,2,5-6,9-12,14-15,17H2,1H3. The number of nitrogens with zero attached hydrogens (tertiary/aromatic N) is 4. The molecular weight excluding hydrogens is 408 g/mol. The zero-order valence-electron chi connectivity index (χ0n) is 18.1. The lowest BCUT2D eigenvalue weighted by Gasteiger charge is -2.40. The summed E-state index contributed by atoms with van der Waals surface area (Å²) in [5.41, 5.74) is 0.809. The van der Waals surface area contributed by atoms with Gasteiger partial charge in [0, 0.05) is 36.8 Å². The average molecular weight is 439 g/mol. The van der Waals surface area contributed by atoms with Crippen LogP contribution >= 0.6 is 11.3 Å². The number of carbonyl (C=O) groups is 1. The molecule has 1 saturated heterocycles. The first-order valence-corrected chi connectivity index (χ1v) is 12.3. The highest BCUT2D eigenvalue weighted by Gasteiger charge is 2.39. The molecule has 0 unspecified atom stereocenters. The highest BCUT2D eigenvalue weighted by atomic mass is 32.1. The molecular formula is C24H30N4O2S. The van der Waals surface area contributed by atoms with Crippen molar-refractivity contribution in [3.63, 3.8) is 0 Å². The van der Waals surface area contributed by atoms with Gasteiger partial charge in [-0.1, -0.05) is 49.7 Å². The second-order valence-electron chi connectivity index (χ2n) is 9.35. The van der Waals surface area contributed by atoms with E-state index in [9.17, 15) is 9.59 Å². The molecule has 0 radical (unpaired) electrons. The first-order valence-electron chi connectivity index (χ1n) is 11.4. The molecule has 1 aliphatic heterocycles. The Labute approximate surface area is 186 Å². The summed E-state index contributed by atoms with van der Waals surface area (Å²) in [6.07, 6.45) is 11.3. The minimum atomic E-state index is -0.162. The van der Waals surface area contributed by atoms with Crippen LogP contribution in [-0.4, -0.2) is 38.0 Å². The third kappa shape index (κ3) is 3.84. The van der Waals surface area contributed by atoms with Crippen LogP contribution in [-0.2, 0) is 11.5 Å². The summed E-state index contributed by atoms with van der Waals surface area (Å²) in [5.74, 6) is 1.70. The molecule has 2 fully saturated rings. The van der Waals surface area contributed by atoms with E-state index in [-0.39, 0.29) is 10.3 Å². The molecule has 2 aromatic heterocycles. The van der Waals surface area contributed by atoms with E-state index in [0.717, 1.165) is 54.8 Å². The number of hydrogen-bond acceptors (Lipinski definition) is 4. The van der Waals surface area contributed by atoms with Gasteiger partial charge in [-0.3, -0.25) is 14.2 Å². The number of amides is 1. The third-order valence-corrected chi connectivity index (χ3v) is 8.20. The first kappa shape index (κ1) is 20.5. The molecule has 1 aliphatic carbocycles. The van der Waals surface area contributed by atoms with E-state index in [1.807, 2.05) is 41.2 Å². The molecule has 1 saturated carbocycles. The predicted octanol–water partition coefficient (Wildman–Crippen LogP) is 4.44. The third-order valence-electron chi connectivity index (χ3n) is 7.24. The normalized spacial score (nSPS) is 19.7. The Morgan fingerprint density at radius 1 is 1.16 bits per heavy atom. The number of fused-ring (bicyclic) bond motifs is 1. The number of likely N-dealkylation sites (tertiary alicyclic amines) is 1. The molecule has 0 atom stereocenters. The number of rotatable bonds is 4. The van der Waals surface area contributed by atoms with Crippen LogP contribution in [0, 0.1) is 5.41 Å². The van der Waals surface area contributed by atoms with Crippen molar-refractivity contribution in [2.75, 3.05) is 13.1 Å². The van der Waals surface area contributed by atoms with E-state index >= 15 is 0 Å². The summed E-state index contributed by atoms with van der Waals surface area (Å²) in [6, 6.07) is 7.93. The summed E-state index contributed by atoms with van der Waals surface area (Å²) in [5, 5.41) is 0. The monoisotopic (exact) mass is 438 g/mol. The van der Waals surface area contributed by atoms with Crippen molar-refractivity contribution in [1.29, 1.82) is 0 Å². The minimum absolute atomic E-state index is 0.0574. The van der Waals surface area contributed by atoms with Crippen LogP contribution in [0.15, 0.2) is 41.5 Å². The molecule has 3 heterocycles. The van der Waals surface area contributed by atoms with Crippen LogP contribution < -0.4 is 4.87 Å². The van der Waals surface area contributed by atoms with Gasteiger partial charge in [-0.15, -0.1) is 0 Å². The second kappa shape index (κ2) is 8.26. The molecule has 1 aromatic carbocycles. The fraction of sp³-hybridized carbons (Fsp3) is 0.542. The number of piperidine rings is 1. The smallest absolute Gasteiger partial charge is 0.309 e. The van der Waals surface area contributed by atoms with Gasteiger partial charge in [-0.25, -0.2) is 4.98 Å². The molecule has 164 valence electrons. The van der Waals surface area contributed by atoms with Gasteiger partial charge in [0.1, 0.15) is 12.5 Å². The van der Waals surface area contributed by atoms with Crippen molar-refractivity contribution < 1.29 is 4.79 Å². The molecule has 0 N–H and O–H groups in total. The topological polar surface area (TPSA) is 60.1 Å². The van der Waals surface area contributed by atoms with Crippen LogP contribution in [0.25, 0.3) is 10.2 Å². The predicted molar refractivity (Wildman–Crippen MR) is 123 cm³/mol. The van der Waals surface area contributed by atoms with Crippen molar-refractivity contribution >= 4 is 27.5 Å². The quantitative estimate of drug-likeness (QED) is 0.605. The molecule has 0 spiro atoms. The fourth-order valence-electron chi connectivity index (χ4n) is 5.37. The van der Waals surface area contributed by atoms with Crippen LogP contribution in [0.4, 0.5) is 0 Å². The van der Waals surface area contributed by atoms with E-state index in [1.54, 1.807) is 0 Å². The Balaban J connectivity index is 1.29. The molecule has 1 amide bonds. The van der Waals surface area contributed by atoms with Gasteiger partial charge in [-0.2, -0.15) is 0 Å². The van der Waals surface area contributed by atoms with E-state index < -0.39 is 0 Å². The van der Waals surface area contributed by atoms with Gasteiger partial charge >= 0.3 is 4.87 Å². The fourth-order valence-corrected chi connectivity index (χ4v) is 6.25. The molecule has 5 rings (SSSR count). The summed E-state index contributed by atoms with van der Waals surface area (Å²) in [4.78, 5) is 32.5. The average Bonchev–Trinajstić information content (AvgIpc) is 3.38. The van der Waals surface area contributed by atoms with Crippen molar-refractivity contribution in [2.45, 2.75) is 64.5 Å². The Bertz CT molecular complexity index is 1130. The number of aromatic nitrogens is 3. The Morgan fingerprint density at radius 2 is 1.90 bits per heavy atom. The minimum Gasteiger partial charge on any atom is -0.342 e. The molecule has 3 aromatic rings. The molecule has 31 heavy (non-hydrogen) atoms. The lowest BCUT2D eigenvalue weighted by atomic mass is 9.74. The van der Waals surface area contributed by atoms with Gasteiger partial charge in [0.05, 0.1) is 10.2 Å². The summed E-state index contributed by atoms with van der Waals surface area (Å²) in [7, 11) is 0. The van der Waals surface area contributed by atoms with Crippen molar-refractivity contribution in [3.05, 3.63) is 52.2 Å². The maximum absolute atomic E-state index is 13.2. The van der Waals surface area contributed by atoms with Crippen LogP contribution in [0.5, 0.6) is 0 Å². The van der Waals surface area contributed by atoms with E-state index in [2.05, 4.69) is 21.4 Å². The number of hydrogen-bond donors (Lipinski definition) is 0.